The van der Waals surface area contributed by atoms with Crippen molar-refractivity contribution in [3.05, 3.63) is 75.7 Å². The fraction of sp³-hybridized carbons (Fsp3) is 0.308. The highest BCUT2D eigenvalue weighted by atomic mass is 32.1. The number of urea groups is 1. The molecular weight excluding hydrogens is 476 g/mol. The standard InChI is InChI=1S/C26H28N6O3S/c1-17-8-9-19(14-18(17)2)27-25(34)31-12-10-30(11-13-31)16-20-15-23(33)32-26(28-20)36-24(29-32)21-6-4-5-7-22(21)35-3/h4-9,14-15H,10-13,16H2,1-3H3,(H,27,34). The van der Waals surface area contributed by atoms with Gasteiger partial charge in [-0.15, -0.1) is 0 Å². The third kappa shape index (κ3) is 4.95. The van der Waals surface area contributed by atoms with Gasteiger partial charge in [-0.25, -0.2) is 9.78 Å². The summed E-state index contributed by atoms with van der Waals surface area (Å²) in [6, 6.07) is 15.0. The number of piperazine rings is 1. The Labute approximate surface area is 213 Å². The molecule has 0 aliphatic carbocycles. The predicted octanol–water partition coefficient (Wildman–Crippen LogP) is 3.79. The molecule has 4 aromatic rings. The van der Waals surface area contributed by atoms with Crippen LogP contribution in [0.1, 0.15) is 16.8 Å². The van der Waals surface area contributed by atoms with E-state index in [0.29, 0.717) is 54.1 Å². The largest absolute Gasteiger partial charge is 0.496 e. The van der Waals surface area contributed by atoms with Crippen LogP contribution in [0.4, 0.5) is 10.5 Å². The number of hydrogen-bond acceptors (Lipinski definition) is 7. The van der Waals surface area contributed by atoms with Crippen molar-refractivity contribution in [2.45, 2.75) is 20.4 Å². The second kappa shape index (κ2) is 10.1. The summed E-state index contributed by atoms with van der Waals surface area (Å²) in [5, 5.41) is 8.14. The molecule has 2 aromatic heterocycles. The topological polar surface area (TPSA) is 92.1 Å². The Morgan fingerprint density at radius 1 is 1.06 bits per heavy atom. The molecule has 3 heterocycles. The van der Waals surface area contributed by atoms with Crippen LogP contribution in [-0.4, -0.2) is 63.7 Å². The minimum Gasteiger partial charge on any atom is -0.496 e. The van der Waals surface area contributed by atoms with Crippen LogP contribution in [0.25, 0.3) is 15.5 Å². The van der Waals surface area contributed by atoms with Crippen LogP contribution in [0.15, 0.2) is 53.3 Å². The molecule has 1 aliphatic rings. The predicted molar refractivity (Wildman–Crippen MR) is 141 cm³/mol. The number of carbonyl (C=O) groups excluding carboxylic acids is 1. The average Bonchev–Trinajstić information content (AvgIpc) is 3.31. The Morgan fingerprint density at radius 2 is 1.83 bits per heavy atom. The maximum atomic E-state index is 12.8. The van der Waals surface area contributed by atoms with Crippen molar-refractivity contribution < 1.29 is 9.53 Å². The van der Waals surface area contributed by atoms with Gasteiger partial charge in [0.1, 0.15) is 5.75 Å². The van der Waals surface area contributed by atoms with Crippen LogP contribution in [0.2, 0.25) is 0 Å². The van der Waals surface area contributed by atoms with Gasteiger partial charge >= 0.3 is 6.03 Å². The number of amides is 2. The van der Waals surface area contributed by atoms with Crippen molar-refractivity contribution in [1.82, 2.24) is 24.4 Å². The van der Waals surface area contributed by atoms with Crippen LogP contribution in [0.3, 0.4) is 0 Å². The van der Waals surface area contributed by atoms with E-state index in [1.165, 1.54) is 27.5 Å². The van der Waals surface area contributed by atoms with E-state index < -0.39 is 0 Å². The highest BCUT2D eigenvalue weighted by molar-refractivity contribution is 7.19. The number of hydrogen-bond donors (Lipinski definition) is 1. The van der Waals surface area contributed by atoms with E-state index in [-0.39, 0.29) is 11.6 Å². The van der Waals surface area contributed by atoms with E-state index >= 15 is 0 Å². The molecule has 1 N–H and O–H groups in total. The molecule has 186 valence electrons. The Kier molecular flexibility index (Phi) is 6.71. The molecule has 0 radical (unpaired) electrons. The summed E-state index contributed by atoms with van der Waals surface area (Å²) < 4.78 is 6.78. The van der Waals surface area contributed by atoms with Crippen molar-refractivity contribution in [3.63, 3.8) is 0 Å². The summed E-state index contributed by atoms with van der Waals surface area (Å²) in [5.41, 5.74) is 4.46. The molecule has 10 heteroatoms. The first kappa shape index (κ1) is 24.0. The lowest BCUT2D eigenvalue weighted by Crippen LogP contribution is -2.49. The third-order valence-electron chi connectivity index (χ3n) is 6.44. The molecule has 2 aromatic carbocycles. The lowest BCUT2D eigenvalue weighted by molar-refractivity contribution is 0.142. The summed E-state index contributed by atoms with van der Waals surface area (Å²) >= 11 is 1.36. The number of benzene rings is 2. The quantitative estimate of drug-likeness (QED) is 0.445. The highest BCUT2D eigenvalue weighted by Gasteiger charge is 2.22. The molecule has 1 aliphatic heterocycles. The fourth-order valence-electron chi connectivity index (χ4n) is 4.23. The Hall–Kier alpha value is -3.76. The van der Waals surface area contributed by atoms with Gasteiger partial charge in [0.15, 0.2) is 5.01 Å². The summed E-state index contributed by atoms with van der Waals surface area (Å²) in [4.78, 5) is 34.7. The van der Waals surface area contributed by atoms with Gasteiger partial charge in [0.05, 0.1) is 18.4 Å². The summed E-state index contributed by atoms with van der Waals surface area (Å²) in [5.74, 6) is 0.698. The molecule has 9 nitrogen and oxygen atoms in total. The number of nitrogens with one attached hydrogen (secondary N) is 1. The second-order valence-electron chi connectivity index (χ2n) is 8.88. The minimum absolute atomic E-state index is 0.0933. The summed E-state index contributed by atoms with van der Waals surface area (Å²) in [7, 11) is 1.61. The summed E-state index contributed by atoms with van der Waals surface area (Å²) in [6.07, 6.45) is 0. The van der Waals surface area contributed by atoms with Crippen molar-refractivity contribution in [2.24, 2.45) is 0 Å². The van der Waals surface area contributed by atoms with Gasteiger partial charge in [-0.1, -0.05) is 29.5 Å². The number of fused-ring (bicyclic) bond motifs is 1. The molecule has 1 saturated heterocycles. The van der Waals surface area contributed by atoms with Gasteiger partial charge < -0.3 is 15.0 Å². The van der Waals surface area contributed by atoms with Gasteiger partial charge in [0, 0.05) is 44.5 Å². The number of carbonyl (C=O) groups is 1. The Bertz CT molecular complexity index is 1470. The van der Waals surface area contributed by atoms with Crippen molar-refractivity contribution in [3.8, 4) is 16.3 Å². The fourth-order valence-corrected chi connectivity index (χ4v) is 5.18. The molecular formula is C26H28N6O3S. The van der Waals surface area contributed by atoms with E-state index in [1.54, 1.807) is 7.11 Å². The number of methoxy groups -OCH3 is 1. The number of nitrogens with zero attached hydrogens (tertiary/aromatic N) is 5. The normalized spacial score (nSPS) is 14.2. The van der Waals surface area contributed by atoms with Crippen LogP contribution in [0, 0.1) is 13.8 Å². The maximum Gasteiger partial charge on any atom is 0.321 e. The van der Waals surface area contributed by atoms with E-state index in [9.17, 15) is 9.59 Å². The first-order valence-corrected chi connectivity index (χ1v) is 12.6. The molecule has 2 amide bonds. The number of para-hydroxylation sites is 1. The first-order chi connectivity index (χ1) is 17.4. The number of ether oxygens (including phenoxy) is 1. The maximum absolute atomic E-state index is 12.8. The molecule has 0 saturated carbocycles. The molecule has 0 bridgehead atoms. The number of rotatable bonds is 5. The van der Waals surface area contributed by atoms with E-state index in [4.69, 9.17) is 9.72 Å². The van der Waals surface area contributed by atoms with Gasteiger partial charge in [-0.3, -0.25) is 9.69 Å². The van der Waals surface area contributed by atoms with Crippen LogP contribution >= 0.6 is 11.3 Å². The smallest absolute Gasteiger partial charge is 0.321 e. The van der Waals surface area contributed by atoms with Crippen LogP contribution < -0.4 is 15.6 Å². The third-order valence-corrected chi connectivity index (χ3v) is 7.38. The van der Waals surface area contributed by atoms with Crippen LogP contribution in [-0.2, 0) is 6.54 Å². The lowest BCUT2D eigenvalue weighted by atomic mass is 10.1. The zero-order valence-corrected chi connectivity index (χ0v) is 21.3. The molecule has 0 unspecified atom stereocenters. The van der Waals surface area contributed by atoms with Gasteiger partial charge in [-0.05, 0) is 49.2 Å². The van der Waals surface area contributed by atoms with E-state index in [2.05, 4.69) is 22.2 Å². The van der Waals surface area contributed by atoms with Crippen LogP contribution in [0.5, 0.6) is 5.75 Å². The molecule has 5 rings (SSSR count). The number of anilines is 1. The van der Waals surface area contributed by atoms with Crippen molar-refractivity contribution >= 4 is 28.0 Å². The number of aryl methyl sites for hydroxylation is 2. The molecule has 0 spiro atoms. The van der Waals surface area contributed by atoms with Gasteiger partial charge in [0.2, 0.25) is 4.96 Å². The lowest BCUT2D eigenvalue weighted by Gasteiger charge is -2.34. The first-order valence-electron chi connectivity index (χ1n) is 11.8. The van der Waals surface area contributed by atoms with Crippen molar-refractivity contribution in [2.75, 3.05) is 38.6 Å². The van der Waals surface area contributed by atoms with Crippen molar-refractivity contribution in [1.29, 1.82) is 0 Å². The summed E-state index contributed by atoms with van der Waals surface area (Å²) in [6.45, 7) is 7.25. The number of aromatic nitrogens is 3. The highest BCUT2D eigenvalue weighted by Crippen LogP contribution is 2.32. The minimum atomic E-state index is -0.209. The Morgan fingerprint density at radius 3 is 2.58 bits per heavy atom. The Balaban J connectivity index is 1.24. The molecule has 1 fully saturated rings. The zero-order valence-electron chi connectivity index (χ0n) is 20.5. The SMILES string of the molecule is COc1ccccc1-c1nn2c(=O)cc(CN3CCN(C(=O)Nc4ccc(C)c(C)c4)CC3)nc2s1. The van der Waals surface area contributed by atoms with Gasteiger partial charge in [-0.2, -0.15) is 9.61 Å². The zero-order chi connectivity index (χ0) is 25.2. The van der Waals surface area contributed by atoms with Gasteiger partial charge in [0.25, 0.3) is 5.56 Å². The van der Waals surface area contributed by atoms with E-state index in [1.807, 2.05) is 54.3 Å². The molecule has 36 heavy (non-hydrogen) atoms. The monoisotopic (exact) mass is 504 g/mol. The van der Waals surface area contributed by atoms with E-state index in [0.717, 1.165) is 16.8 Å². The molecule has 0 atom stereocenters. The second-order valence-corrected chi connectivity index (χ2v) is 9.84. The average molecular weight is 505 g/mol.